The van der Waals surface area contributed by atoms with Crippen LogP contribution in [0.1, 0.15) is 58.8 Å². The number of aryl methyl sites for hydroxylation is 1. The van der Waals surface area contributed by atoms with Crippen LogP contribution in [0.2, 0.25) is 0 Å². The Bertz CT molecular complexity index is 7110. The molecule has 12 aromatic heterocycles. The van der Waals surface area contributed by atoms with Gasteiger partial charge in [0, 0.05) is 130 Å². The van der Waals surface area contributed by atoms with Crippen molar-refractivity contribution >= 4 is 90.0 Å². The van der Waals surface area contributed by atoms with Gasteiger partial charge in [0.1, 0.15) is 23.1 Å². The van der Waals surface area contributed by atoms with Gasteiger partial charge in [0.25, 0.3) is 23.6 Å². The number of carbonyl (C=O) groups excluding carboxylic acids is 4. The first kappa shape index (κ1) is 82.2. The Morgan fingerprint density at radius 2 is 0.680 bits per heavy atom. The fourth-order valence-electron chi connectivity index (χ4n) is 13.4. The van der Waals surface area contributed by atoms with Crippen molar-refractivity contribution in [2.75, 3.05) is 21.3 Å². The summed E-state index contributed by atoms with van der Waals surface area (Å²) in [6.45, 7) is 2.02. The van der Waals surface area contributed by atoms with Gasteiger partial charge in [-0.3, -0.25) is 64.5 Å². The molecule has 0 saturated carbocycles. The van der Waals surface area contributed by atoms with E-state index in [4.69, 9.17) is 14.2 Å². The molecule has 27 nitrogen and oxygen atoms in total. The van der Waals surface area contributed by atoms with E-state index in [1.54, 1.807) is 153 Å². The number of aromatic amines is 4. The maximum absolute atomic E-state index is 13.8. The van der Waals surface area contributed by atoms with E-state index in [-0.39, 0.29) is 58.3 Å². The molecule has 0 spiro atoms. The van der Waals surface area contributed by atoms with Crippen molar-refractivity contribution < 1.29 is 46.6 Å². The fraction of sp³-hybridized carbons (Fsp3) is 0.0204. The third kappa shape index (κ3) is 20.1. The Morgan fingerprint density at radius 1 is 0.312 bits per heavy atom. The summed E-state index contributed by atoms with van der Waals surface area (Å²) in [7, 11) is 0. The summed E-state index contributed by atoms with van der Waals surface area (Å²) < 4.78 is 57.5. The molecule has 0 radical (unpaired) electrons. The van der Waals surface area contributed by atoms with E-state index in [0.29, 0.717) is 85.4 Å². The summed E-state index contributed by atoms with van der Waals surface area (Å²) >= 11 is 0. The summed E-state index contributed by atoms with van der Waals surface area (Å²) in [6.07, 6.45) is 20.3. The van der Waals surface area contributed by atoms with Crippen LogP contribution in [0, 0.1) is 24.4 Å². The van der Waals surface area contributed by atoms with E-state index in [1.165, 1.54) is 42.7 Å². The average Bonchev–Trinajstić information content (AvgIpc) is 1.65. The third-order valence-corrected chi connectivity index (χ3v) is 19.8. The summed E-state index contributed by atoms with van der Waals surface area (Å²) in [5, 5.41) is 42.4. The predicted octanol–water partition coefficient (Wildman–Crippen LogP) is 20.8. The van der Waals surface area contributed by atoms with Crippen LogP contribution in [0.15, 0.2) is 341 Å². The summed E-state index contributed by atoms with van der Waals surface area (Å²) in [6, 6.07) is 77.8. The van der Waals surface area contributed by atoms with Crippen molar-refractivity contribution in [1.29, 1.82) is 0 Å². The number of anilines is 4. The highest BCUT2D eigenvalue weighted by atomic mass is 19.1. The second-order valence-electron chi connectivity index (χ2n) is 28.6. The van der Waals surface area contributed by atoms with Crippen molar-refractivity contribution in [3.05, 3.63) is 398 Å². The zero-order valence-electron chi connectivity index (χ0n) is 67.4. The number of pyridine rings is 8. The molecule has 12 heterocycles. The molecule has 8 aromatic carbocycles. The second-order valence-corrected chi connectivity index (χ2v) is 28.6. The number of hydrogen-bond acceptors (Lipinski definition) is 19. The molecule has 0 bridgehead atoms. The molecule has 0 unspecified atom stereocenters. The molecule has 20 aromatic rings. The van der Waals surface area contributed by atoms with Gasteiger partial charge in [0.15, 0.2) is 34.3 Å². The number of amides is 4. The maximum atomic E-state index is 13.8. The van der Waals surface area contributed by atoms with Gasteiger partial charge in [0.05, 0.1) is 69.6 Å². The Morgan fingerprint density at radius 3 is 1.03 bits per heavy atom. The summed E-state index contributed by atoms with van der Waals surface area (Å²) in [4.78, 5) is 84.9. The number of benzene rings is 8. The number of nitrogens with one attached hydrogen (secondary N) is 8. The van der Waals surface area contributed by atoms with Crippen LogP contribution in [-0.2, 0) is 6.42 Å². The molecule has 624 valence electrons. The van der Waals surface area contributed by atoms with E-state index < -0.39 is 11.6 Å². The minimum absolute atomic E-state index is 0.0733. The van der Waals surface area contributed by atoms with Crippen LogP contribution in [0.4, 0.5) is 35.9 Å². The number of ether oxygens (including phenoxy) is 3. The van der Waals surface area contributed by atoms with E-state index >= 15 is 0 Å². The normalized spacial score (nSPS) is 10.8. The van der Waals surface area contributed by atoms with E-state index in [2.05, 4.69) is 102 Å². The quantitative estimate of drug-likeness (QED) is 0.0351. The maximum Gasteiger partial charge on any atom is 0.276 e. The predicted molar refractivity (Wildman–Crippen MR) is 479 cm³/mol. The number of carbonyl (C=O) groups is 4. The van der Waals surface area contributed by atoms with Gasteiger partial charge in [-0.1, -0.05) is 103 Å². The molecule has 20 rings (SSSR count). The molecule has 8 N–H and O–H groups in total. The monoisotopic (exact) mass is 1690 g/mol. The van der Waals surface area contributed by atoms with Gasteiger partial charge in [-0.15, -0.1) is 0 Å². The number of aromatic nitrogens is 16. The lowest BCUT2D eigenvalue weighted by atomic mass is 10.0. The van der Waals surface area contributed by atoms with Crippen LogP contribution in [0.25, 0.3) is 88.1 Å². The lowest BCUT2D eigenvalue weighted by Gasteiger charge is -2.07. The first-order valence-corrected chi connectivity index (χ1v) is 39.6. The van der Waals surface area contributed by atoms with Crippen LogP contribution >= 0.6 is 0 Å². The molecule has 4 amide bonds. The Hall–Kier alpha value is -18.1. The summed E-state index contributed by atoms with van der Waals surface area (Å²) in [5.74, 6) is -0.535. The largest absolute Gasteiger partial charge is 0.439 e. The molecule has 128 heavy (non-hydrogen) atoms. The Balaban J connectivity index is 0.000000120. The van der Waals surface area contributed by atoms with Crippen molar-refractivity contribution in [2.45, 2.75) is 13.3 Å². The van der Waals surface area contributed by atoms with Gasteiger partial charge in [0.2, 0.25) is 17.6 Å². The first-order chi connectivity index (χ1) is 62.6. The standard InChI is InChI=1S/C25H18FN5O.C25H19N5O2.2C24H16FN5O2/c26-22-6-2-1-4-17(22)12-19-8-9-20(15-28-19)29-25(32)24-21-13-16(7-10-23(21)30-31-24)18-5-3-11-27-14-18;1-16-4-8-20(9-5-16)32-23-11-7-19(15-27-23)28-25(31)24-21-13-17(6-10-22(21)29-30-24)18-3-2-12-26-14-18;25-17-4-1-5-19(12-17)32-22-9-7-18(14-27-22)28-24(31)23-20-11-15(6-8-21(20)29-30-23)16-3-2-10-26-13-16;25-19-5-1-2-6-21(19)32-22-10-8-17(14-27-22)28-24(31)23-18-12-15(7-9-20(18)29-30-23)16-4-3-11-26-13-16/h1-11,13-15H,12H2,(H,29,32)(H,30,31);2-15H,1H3,(H,28,31)(H,29,30);2*1-14H,(H,28,31)(H,29,30). The van der Waals surface area contributed by atoms with Crippen LogP contribution < -0.4 is 35.5 Å². The topological polar surface area (TPSA) is 362 Å². The Kier molecular flexibility index (Phi) is 24.6. The van der Waals surface area contributed by atoms with Crippen LogP contribution in [0.3, 0.4) is 0 Å². The van der Waals surface area contributed by atoms with E-state index in [9.17, 15) is 32.3 Å². The second kappa shape index (κ2) is 38.3. The zero-order chi connectivity index (χ0) is 87.7. The summed E-state index contributed by atoms with van der Waals surface area (Å²) in [5.41, 5.74) is 16.2. The van der Waals surface area contributed by atoms with Crippen molar-refractivity contribution in [1.82, 2.24) is 80.7 Å². The smallest absolute Gasteiger partial charge is 0.276 e. The van der Waals surface area contributed by atoms with Gasteiger partial charge in [-0.05, 0) is 180 Å². The van der Waals surface area contributed by atoms with Crippen molar-refractivity contribution in [3.63, 3.8) is 0 Å². The highest BCUT2D eigenvalue weighted by Gasteiger charge is 2.22. The lowest BCUT2D eigenvalue weighted by Crippen LogP contribution is -2.13. The van der Waals surface area contributed by atoms with Crippen molar-refractivity contribution in [3.8, 4) is 79.4 Å². The molecule has 0 fully saturated rings. The molecule has 0 saturated heterocycles. The molecular formula is C98H69F3N20O7. The highest BCUT2D eigenvalue weighted by molar-refractivity contribution is 6.14. The number of rotatable bonds is 20. The Labute approximate surface area is 725 Å². The van der Waals surface area contributed by atoms with Crippen LogP contribution in [-0.4, -0.2) is 104 Å². The first-order valence-electron chi connectivity index (χ1n) is 39.6. The fourth-order valence-corrected chi connectivity index (χ4v) is 13.4. The van der Waals surface area contributed by atoms with Gasteiger partial charge in [-0.2, -0.15) is 20.4 Å². The molecule has 0 aliphatic heterocycles. The van der Waals surface area contributed by atoms with E-state index in [1.807, 2.05) is 153 Å². The SMILES string of the molecule is Cc1ccc(Oc2ccc(NC(=O)c3n[nH]c4ccc(-c5cccnc5)cc34)cn2)cc1.O=C(Nc1ccc(Cc2ccccc2F)nc1)c1n[nH]c2ccc(-c3cccnc3)cc12.O=C(Nc1ccc(Oc2cccc(F)c2)nc1)c1n[nH]c2ccc(-c3cccnc3)cc12.O=C(Nc1ccc(Oc2ccccc2F)nc1)c1n[nH]c2ccc(-c3cccnc3)cc12. The van der Waals surface area contributed by atoms with Crippen LogP contribution in [0.5, 0.6) is 34.9 Å². The molecule has 30 heteroatoms. The number of nitrogens with zero attached hydrogens (tertiary/aromatic N) is 12. The molecule has 0 aliphatic carbocycles. The van der Waals surface area contributed by atoms with E-state index in [0.717, 1.165) is 77.5 Å². The average molecular weight is 1700 g/mol. The minimum atomic E-state index is -0.484. The highest BCUT2D eigenvalue weighted by Crippen LogP contribution is 2.33. The number of para-hydroxylation sites is 1. The third-order valence-electron chi connectivity index (χ3n) is 19.8. The van der Waals surface area contributed by atoms with Crippen molar-refractivity contribution in [2.24, 2.45) is 0 Å². The van der Waals surface area contributed by atoms with Gasteiger partial charge < -0.3 is 35.5 Å². The number of fused-ring (bicyclic) bond motifs is 4. The lowest BCUT2D eigenvalue weighted by molar-refractivity contribution is 0.101. The zero-order valence-corrected chi connectivity index (χ0v) is 67.4. The minimum Gasteiger partial charge on any atom is -0.439 e. The molecule has 0 atom stereocenters. The number of halogens is 3. The molecular weight excluding hydrogens is 1630 g/mol. The number of H-pyrrole nitrogens is 4. The molecule has 0 aliphatic rings. The van der Waals surface area contributed by atoms with Gasteiger partial charge >= 0.3 is 0 Å². The number of hydrogen-bond donors (Lipinski definition) is 8. The van der Waals surface area contributed by atoms with Gasteiger partial charge in [-0.25, -0.2) is 28.1 Å².